The minimum atomic E-state index is -0.634. The zero-order chi connectivity index (χ0) is 7.28. The molecule has 0 saturated carbocycles. The third kappa shape index (κ3) is 4.76. The van der Waals surface area contributed by atoms with E-state index in [1.165, 1.54) is 12.4 Å². The molecule has 0 saturated heterocycles. The Bertz CT molecular complexity index is 123. The second kappa shape index (κ2) is 3.85. The molecular formula is C4H8N2O3. The van der Waals surface area contributed by atoms with Crippen molar-refractivity contribution >= 4 is 11.8 Å². The predicted octanol–water partition coefficient (Wildman–Crippen LogP) is -1.37. The van der Waals surface area contributed by atoms with Gasteiger partial charge in [-0.1, -0.05) is 0 Å². The third-order valence-electron chi connectivity index (χ3n) is 0.623. The number of hydroxylamine groups is 1. The molecule has 0 spiro atoms. The summed E-state index contributed by atoms with van der Waals surface area (Å²) in [4.78, 5) is 20.2. The van der Waals surface area contributed by atoms with Crippen LogP contribution in [0.3, 0.4) is 0 Å². The fourth-order valence-corrected chi connectivity index (χ4v) is 0.244. The van der Waals surface area contributed by atoms with E-state index in [0.29, 0.717) is 0 Å². The fraction of sp³-hybridized carbons (Fsp3) is 0.500. The SMILES string of the molecule is CC(=O)NCC(=O)NO. The Hall–Kier alpha value is -1.10. The second-order valence-electron chi connectivity index (χ2n) is 1.44. The summed E-state index contributed by atoms with van der Waals surface area (Å²) in [6.45, 7) is 1.09. The molecular weight excluding hydrogens is 124 g/mol. The summed E-state index contributed by atoms with van der Waals surface area (Å²) in [6.07, 6.45) is 0. The summed E-state index contributed by atoms with van der Waals surface area (Å²) in [7, 11) is 0. The molecule has 0 aromatic carbocycles. The summed E-state index contributed by atoms with van der Waals surface area (Å²) in [6, 6.07) is 0. The molecule has 0 aliphatic carbocycles. The Morgan fingerprint density at radius 3 is 2.44 bits per heavy atom. The average Bonchev–Trinajstić information content (AvgIpc) is 1.83. The normalized spacial score (nSPS) is 8.22. The van der Waals surface area contributed by atoms with Gasteiger partial charge in [-0.25, -0.2) is 5.48 Å². The Morgan fingerprint density at radius 1 is 1.56 bits per heavy atom. The number of amides is 2. The Kier molecular flexibility index (Phi) is 3.38. The van der Waals surface area contributed by atoms with E-state index in [2.05, 4.69) is 5.32 Å². The monoisotopic (exact) mass is 132 g/mol. The lowest BCUT2D eigenvalue weighted by atomic mass is 10.6. The molecule has 0 heterocycles. The molecule has 0 aromatic heterocycles. The summed E-state index contributed by atoms with van der Waals surface area (Å²) in [5.74, 6) is -0.941. The Morgan fingerprint density at radius 2 is 2.11 bits per heavy atom. The molecule has 2 amide bonds. The van der Waals surface area contributed by atoms with Gasteiger partial charge in [-0.2, -0.15) is 0 Å². The largest absolute Gasteiger partial charge is 0.347 e. The molecule has 0 fully saturated rings. The fourth-order valence-electron chi connectivity index (χ4n) is 0.244. The van der Waals surface area contributed by atoms with Crippen molar-refractivity contribution in [2.75, 3.05) is 6.54 Å². The number of carbonyl (C=O) groups is 2. The van der Waals surface area contributed by atoms with Gasteiger partial charge in [0.1, 0.15) is 0 Å². The Balaban J connectivity index is 3.28. The van der Waals surface area contributed by atoms with Crippen LogP contribution in [-0.2, 0) is 9.59 Å². The lowest BCUT2D eigenvalue weighted by Gasteiger charge is -1.97. The van der Waals surface area contributed by atoms with Gasteiger partial charge in [-0.15, -0.1) is 0 Å². The van der Waals surface area contributed by atoms with Crippen LogP contribution < -0.4 is 10.8 Å². The summed E-state index contributed by atoms with van der Waals surface area (Å²) in [5, 5.41) is 10.1. The lowest BCUT2D eigenvalue weighted by molar-refractivity contribution is -0.130. The van der Waals surface area contributed by atoms with Crippen molar-refractivity contribution in [2.24, 2.45) is 0 Å². The van der Waals surface area contributed by atoms with E-state index in [9.17, 15) is 9.59 Å². The summed E-state index contributed by atoms with van der Waals surface area (Å²) in [5.41, 5.74) is 1.37. The first kappa shape index (κ1) is 7.90. The number of hydrogen-bond donors (Lipinski definition) is 3. The van der Waals surface area contributed by atoms with Gasteiger partial charge < -0.3 is 5.32 Å². The molecule has 0 unspecified atom stereocenters. The van der Waals surface area contributed by atoms with Crippen LogP contribution in [0.2, 0.25) is 0 Å². The molecule has 0 bridgehead atoms. The first-order valence-corrected chi connectivity index (χ1v) is 2.34. The highest BCUT2D eigenvalue weighted by Crippen LogP contribution is 1.60. The first-order valence-electron chi connectivity index (χ1n) is 2.34. The molecule has 52 valence electrons. The van der Waals surface area contributed by atoms with E-state index in [1.54, 1.807) is 0 Å². The van der Waals surface area contributed by atoms with Crippen LogP contribution in [0, 0.1) is 0 Å². The van der Waals surface area contributed by atoms with E-state index >= 15 is 0 Å². The van der Waals surface area contributed by atoms with Gasteiger partial charge in [0.15, 0.2) is 0 Å². The maximum absolute atomic E-state index is 10.1. The molecule has 5 nitrogen and oxygen atoms in total. The minimum Gasteiger partial charge on any atom is -0.347 e. The average molecular weight is 132 g/mol. The van der Waals surface area contributed by atoms with Crippen molar-refractivity contribution < 1.29 is 14.8 Å². The van der Waals surface area contributed by atoms with E-state index in [-0.39, 0.29) is 12.5 Å². The highest BCUT2D eigenvalue weighted by atomic mass is 16.5. The standard InChI is InChI=1S/C4H8N2O3/c1-3(7)5-2-4(8)6-9/h9H,2H2,1H3,(H,5,7)(H,6,8). The number of rotatable bonds is 2. The molecule has 3 N–H and O–H groups in total. The van der Waals surface area contributed by atoms with Gasteiger partial charge in [0.05, 0.1) is 6.54 Å². The van der Waals surface area contributed by atoms with Crippen LogP contribution in [0.5, 0.6) is 0 Å². The van der Waals surface area contributed by atoms with E-state index < -0.39 is 5.91 Å². The van der Waals surface area contributed by atoms with Crippen molar-refractivity contribution in [2.45, 2.75) is 6.92 Å². The quantitative estimate of drug-likeness (QED) is 0.320. The van der Waals surface area contributed by atoms with Gasteiger partial charge in [-0.05, 0) is 0 Å². The smallest absolute Gasteiger partial charge is 0.262 e. The van der Waals surface area contributed by atoms with Gasteiger partial charge in [0.25, 0.3) is 5.91 Å². The lowest BCUT2D eigenvalue weighted by Crippen LogP contribution is -2.34. The van der Waals surface area contributed by atoms with Gasteiger partial charge >= 0.3 is 0 Å². The van der Waals surface area contributed by atoms with Crippen LogP contribution in [-0.4, -0.2) is 23.6 Å². The summed E-state index contributed by atoms with van der Waals surface area (Å²) < 4.78 is 0. The molecule has 0 radical (unpaired) electrons. The highest BCUT2D eigenvalue weighted by Gasteiger charge is 1.97. The number of nitrogens with one attached hydrogen (secondary N) is 2. The molecule has 9 heavy (non-hydrogen) atoms. The minimum absolute atomic E-state index is 0.189. The predicted molar refractivity (Wildman–Crippen MR) is 28.6 cm³/mol. The van der Waals surface area contributed by atoms with Crippen molar-refractivity contribution in [1.82, 2.24) is 10.8 Å². The zero-order valence-corrected chi connectivity index (χ0v) is 4.97. The van der Waals surface area contributed by atoms with Gasteiger partial charge in [-0.3, -0.25) is 14.8 Å². The second-order valence-corrected chi connectivity index (χ2v) is 1.44. The first-order chi connectivity index (χ1) is 4.16. The van der Waals surface area contributed by atoms with E-state index in [0.717, 1.165) is 0 Å². The van der Waals surface area contributed by atoms with Crippen molar-refractivity contribution in [1.29, 1.82) is 0 Å². The van der Waals surface area contributed by atoms with Crippen molar-refractivity contribution in [3.63, 3.8) is 0 Å². The Labute approximate surface area is 52.0 Å². The molecule has 0 aliphatic rings. The van der Waals surface area contributed by atoms with E-state index in [1.807, 2.05) is 0 Å². The van der Waals surface area contributed by atoms with Crippen LogP contribution in [0.1, 0.15) is 6.92 Å². The van der Waals surface area contributed by atoms with Crippen molar-refractivity contribution in [3.05, 3.63) is 0 Å². The van der Waals surface area contributed by atoms with Crippen LogP contribution in [0.4, 0.5) is 0 Å². The highest BCUT2D eigenvalue weighted by molar-refractivity contribution is 5.82. The number of hydrogen-bond acceptors (Lipinski definition) is 3. The molecule has 0 atom stereocenters. The maximum atomic E-state index is 10.1. The van der Waals surface area contributed by atoms with Crippen molar-refractivity contribution in [3.8, 4) is 0 Å². The zero-order valence-electron chi connectivity index (χ0n) is 4.97. The van der Waals surface area contributed by atoms with E-state index in [4.69, 9.17) is 5.21 Å². The third-order valence-corrected chi connectivity index (χ3v) is 0.623. The molecule has 5 heteroatoms. The van der Waals surface area contributed by atoms with Crippen LogP contribution in [0.25, 0.3) is 0 Å². The van der Waals surface area contributed by atoms with Crippen LogP contribution >= 0.6 is 0 Å². The molecule has 0 aromatic rings. The maximum Gasteiger partial charge on any atom is 0.262 e. The van der Waals surface area contributed by atoms with Gasteiger partial charge in [0, 0.05) is 6.92 Å². The molecule has 0 rings (SSSR count). The molecule has 0 aliphatic heterocycles. The van der Waals surface area contributed by atoms with Gasteiger partial charge in [0.2, 0.25) is 5.91 Å². The summed E-state index contributed by atoms with van der Waals surface area (Å²) >= 11 is 0. The number of carbonyl (C=O) groups excluding carboxylic acids is 2. The van der Waals surface area contributed by atoms with Crippen LogP contribution in [0.15, 0.2) is 0 Å². The topological polar surface area (TPSA) is 78.4 Å².